The molecule has 3 N–H and O–H groups in total. The molecule has 0 aromatic carbocycles. The molecular formula is C57H107NO5. The number of aliphatic hydroxyl groups excluding tert-OH is 2. The third-order valence-electron chi connectivity index (χ3n) is 12.8. The lowest BCUT2D eigenvalue weighted by Crippen LogP contribution is -2.46. The van der Waals surface area contributed by atoms with E-state index in [0.29, 0.717) is 19.3 Å². The van der Waals surface area contributed by atoms with Gasteiger partial charge in [0.2, 0.25) is 5.91 Å². The lowest BCUT2D eigenvalue weighted by Gasteiger charge is -2.24. The number of carbonyl (C=O) groups is 2. The van der Waals surface area contributed by atoms with Crippen LogP contribution in [0.1, 0.15) is 290 Å². The fourth-order valence-corrected chi connectivity index (χ4v) is 8.61. The summed E-state index contributed by atoms with van der Waals surface area (Å²) >= 11 is 0. The molecular weight excluding hydrogens is 779 g/mol. The number of rotatable bonds is 50. The van der Waals surface area contributed by atoms with Crippen molar-refractivity contribution >= 4 is 11.9 Å². The molecule has 0 aromatic rings. The Morgan fingerprint density at radius 1 is 0.476 bits per heavy atom. The monoisotopic (exact) mass is 886 g/mol. The van der Waals surface area contributed by atoms with Gasteiger partial charge >= 0.3 is 5.97 Å². The van der Waals surface area contributed by atoms with E-state index in [1.165, 1.54) is 186 Å². The van der Waals surface area contributed by atoms with Gasteiger partial charge in [-0.15, -0.1) is 0 Å². The Balaban J connectivity index is 4.48. The summed E-state index contributed by atoms with van der Waals surface area (Å²) in [5.74, 6) is -0.473. The van der Waals surface area contributed by atoms with E-state index in [4.69, 9.17) is 4.74 Å². The maximum absolute atomic E-state index is 13.2. The van der Waals surface area contributed by atoms with Crippen LogP contribution in [0.15, 0.2) is 36.5 Å². The molecule has 0 saturated heterocycles. The molecule has 0 aliphatic heterocycles. The molecule has 0 bridgehead atoms. The van der Waals surface area contributed by atoms with Crippen LogP contribution in [0, 0.1) is 0 Å². The van der Waals surface area contributed by atoms with Gasteiger partial charge in [-0.2, -0.15) is 0 Å². The van der Waals surface area contributed by atoms with Gasteiger partial charge < -0.3 is 20.3 Å². The van der Waals surface area contributed by atoms with E-state index in [2.05, 4.69) is 62.5 Å². The van der Waals surface area contributed by atoms with Crippen molar-refractivity contribution in [3.63, 3.8) is 0 Å². The van der Waals surface area contributed by atoms with Gasteiger partial charge in [-0.25, -0.2) is 0 Å². The van der Waals surface area contributed by atoms with Crippen molar-refractivity contribution in [2.75, 3.05) is 6.61 Å². The molecule has 63 heavy (non-hydrogen) atoms. The van der Waals surface area contributed by atoms with Crippen molar-refractivity contribution in [2.24, 2.45) is 0 Å². The Kier molecular flexibility index (Phi) is 49.5. The zero-order valence-electron chi connectivity index (χ0n) is 42.2. The lowest BCUT2D eigenvalue weighted by molar-refractivity contribution is -0.151. The third-order valence-corrected chi connectivity index (χ3v) is 12.8. The highest BCUT2D eigenvalue weighted by Gasteiger charge is 2.24. The molecule has 0 radical (unpaired) electrons. The van der Waals surface area contributed by atoms with Crippen LogP contribution in [0.4, 0.5) is 0 Å². The van der Waals surface area contributed by atoms with Crippen LogP contribution in [-0.4, -0.2) is 46.9 Å². The summed E-state index contributed by atoms with van der Waals surface area (Å²) in [7, 11) is 0. The number of nitrogens with one attached hydrogen (secondary N) is 1. The molecule has 3 unspecified atom stereocenters. The highest BCUT2D eigenvalue weighted by atomic mass is 16.5. The first-order valence-corrected chi connectivity index (χ1v) is 27.7. The number of ether oxygens (including phenoxy) is 1. The summed E-state index contributed by atoms with van der Waals surface area (Å²) in [6, 6.07) is -0.701. The van der Waals surface area contributed by atoms with E-state index in [-0.39, 0.29) is 24.9 Å². The van der Waals surface area contributed by atoms with Crippen LogP contribution in [0.3, 0.4) is 0 Å². The second kappa shape index (κ2) is 51.1. The molecule has 1 amide bonds. The number of hydrogen-bond donors (Lipinski definition) is 3. The minimum Gasteiger partial charge on any atom is -0.462 e. The van der Waals surface area contributed by atoms with E-state index in [1.54, 1.807) is 0 Å². The van der Waals surface area contributed by atoms with Gasteiger partial charge in [0.15, 0.2) is 0 Å². The molecule has 0 aliphatic carbocycles. The van der Waals surface area contributed by atoms with Crippen molar-refractivity contribution in [2.45, 2.75) is 309 Å². The van der Waals surface area contributed by atoms with Crippen molar-refractivity contribution < 1.29 is 24.5 Å². The fourth-order valence-electron chi connectivity index (χ4n) is 8.61. The molecule has 0 aromatic heterocycles. The fraction of sp³-hybridized carbons (Fsp3) is 0.860. The average molecular weight is 886 g/mol. The second-order valence-corrected chi connectivity index (χ2v) is 19.0. The first kappa shape index (κ1) is 61.1. The normalized spacial score (nSPS) is 13.4. The lowest BCUT2D eigenvalue weighted by atomic mass is 10.0. The van der Waals surface area contributed by atoms with E-state index in [9.17, 15) is 19.8 Å². The summed E-state index contributed by atoms with van der Waals surface area (Å²) in [4.78, 5) is 26.2. The van der Waals surface area contributed by atoms with E-state index < -0.39 is 18.2 Å². The van der Waals surface area contributed by atoms with Crippen LogP contribution in [0.25, 0.3) is 0 Å². The topological polar surface area (TPSA) is 95.9 Å². The number of allylic oxidation sites excluding steroid dienone is 6. The van der Waals surface area contributed by atoms with Gasteiger partial charge in [-0.05, 0) is 44.9 Å². The van der Waals surface area contributed by atoms with Crippen LogP contribution in [0.5, 0.6) is 0 Å². The molecule has 3 atom stereocenters. The van der Waals surface area contributed by atoms with Crippen LogP contribution < -0.4 is 5.32 Å². The molecule has 0 saturated carbocycles. The summed E-state index contributed by atoms with van der Waals surface area (Å²) in [5, 5.41) is 23.9. The number of esters is 1. The standard InChI is InChI=1S/C57H107NO5/c1-4-7-10-13-16-19-22-25-27-28-30-31-34-37-40-43-46-49-55(60)54(52-59)58-56(61)51-53(48-45-42-39-36-33-24-21-18-15-12-9-6-3)63-57(62)50-47-44-41-38-35-32-29-26-23-20-17-14-11-8-5-2/h8,11,14,17,20,23,53-55,59-60H,4-7,9-10,12-13,15-16,18-19,21-22,24-52H2,1-3H3,(H,58,61)/b11-8+,17-14+,23-20+. The number of hydrogen-bond acceptors (Lipinski definition) is 5. The number of carbonyl (C=O) groups excluding carboxylic acids is 2. The molecule has 0 fully saturated rings. The summed E-state index contributed by atoms with van der Waals surface area (Å²) in [6.45, 7) is 6.38. The average Bonchev–Trinajstić information content (AvgIpc) is 3.28. The maximum atomic E-state index is 13.2. The minimum atomic E-state index is -0.787. The van der Waals surface area contributed by atoms with Gasteiger partial charge in [-0.3, -0.25) is 9.59 Å². The quantitative estimate of drug-likeness (QED) is 0.0321. The smallest absolute Gasteiger partial charge is 0.306 e. The Morgan fingerprint density at radius 2 is 0.857 bits per heavy atom. The summed E-state index contributed by atoms with van der Waals surface area (Å²) < 4.78 is 5.94. The predicted molar refractivity (Wildman–Crippen MR) is 273 cm³/mol. The van der Waals surface area contributed by atoms with Gasteiger partial charge in [-0.1, -0.05) is 269 Å². The molecule has 6 nitrogen and oxygen atoms in total. The van der Waals surface area contributed by atoms with E-state index >= 15 is 0 Å². The SMILES string of the molecule is CC/C=C/C=C/C=C/CCCCCCCCCC(=O)OC(CCCCCCCCCCCCCC)CC(=O)NC(CO)C(O)CCCCCCCCCCCCCCCCCCC. The number of unbranched alkanes of at least 4 members (excludes halogenated alkanes) is 34. The van der Waals surface area contributed by atoms with E-state index in [1.807, 2.05) is 0 Å². The molecule has 6 heteroatoms. The van der Waals surface area contributed by atoms with Crippen molar-refractivity contribution in [1.82, 2.24) is 5.32 Å². The molecule has 0 heterocycles. The highest BCUT2D eigenvalue weighted by Crippen LogP contribution is 2.19. The van der Waals surface area contributed by atoms with Crippen molar-refractivity contribution in [3.8, 4) is 0 Å². The zero-order valence-corrected chi connectivity index (χ0v) is 42.2. The van der Waals surface area contributed by atoms with Gasteiger partial charge in [0, 0.05) is 6.42 Å². The largest absolute Gasteiger partial charge is 0.462 e. The Morgan fingerprint density at radius 3 is 1.29 bits per heavy atom. The van der Waals surface area contributed by atoms with Crippen LogP contribution in [-0.2, 0) is 14.3 Å². The van der Waals surface area contributed by atoms with Crippen molar-refractivity contribution in [3.05, 3.63) is 36.5 Å². The summed E-state index contributed by atoms with van der Waals surface area (Å²) in [5.41, 5.74) is 0. The highest BCUT2D eigenvalue weighted by molar-refractivity contribution is 5.77. The third kappa shape index (κ3) is 46.4. The Hall–Kier alpha value is -1.92. The van der Waals surface area contributed by atoms with Gasteiger partial charge in [0.25, 0.3) is 0 Å². The van der Waals surface area contributed by atoms with E-state index in [0.717, 1.165) is 57.8 Å². The van der Waals surface area contributed by atoms with Crippen molar-refractivity contribution in [1.29, 1.82) is 0 Å². The zero-order chi connectivity index (χ0) is 45.9. The summed E-state index contributed by atoms with van der Waals surface area (Å²) in [6.07, 6.45) is 60.6. The molecule has 0 aliphatic rings. The minimum absolute atomic E-state index is 0.0769. The molecule has 0 rings (SSSR count). The Bertz CT molecular complexity index is 1040. The Labute approximate surface area is 392 Å². The number of amides is 1. The number of aliphatic hydroxyl groups is 2. The molecule has 0 spiro atoms. The molecule has 370 valence electrons. The first-order chi connectivity index (χ1) is 31.0. The second-order valence-electron chi connectivity index (χ2n) is 19.0. The first-order valence-electron chi connectivity index (χ1n) is 27.7. The van der Waals surface area contributed by atoms with Crippen LogP contribution in [0.2, 0.25) is 0 Å². The van der Waals surface area contributed by atoms with Gasteiger partial charge in [0.05, 0.1) is 25.2 Å². The maximum Gasteiger partial charge on any atom is 0.306 e. The predicted octanol–water partition coefficient (Wildman–Crippen LogP) is 16.8. The van der Waals surface area contributed by atoms with Crippen LogP contribution >= 0.6 is 0 Å². The van der Waals surface area contributed by atoms with Gasteiger partial charge in [0.1, 0.15) is 6.10 Å².